The van der Waals surface area contributed by atoms with E-state index in [1.54, 1.807) is 24.3 Å². The van der Waals surface area contributed by atoms with Gasteiger partial charge in [0.2, 0.25) is 0 Å². The van der Waals surface area contributed by atoms with Crippen LogP contribution in [0.5, 0.6) is 5.75 Å². The van der Waals surface area contributed by atoms with Crippen molar-refractivity contribution in [3.05, 3.63) is 29.8 Å². The van der Waals surface area contributed by atoms with E-state index in [9.17, 15) is 8.78 Å². The lowest BCUT2D eigenvalue weighted by molar-refractivity contribution is -0.0499. The van der Waals surface area contributed by atoms with Crippen LogP contribution >= 0.6 is 0 Å². The van der Waals surface area contributed by atoms with Crippen molar-refractivity contribution < 1.29 is 18.3 Å². The molecule has 0 amide bonds. The summed E-state index contributed by atoms with van der Waals surface area (Å²) in [6.07, 6.45) is -0.0319. The minimum atomic E-state index is -2.79. The summed E-state index contributed by atoms with van der Waals surface area (Å²) in [4.78, 5) is 0. The van der Waals surface area contributed by atoms with Crippen LogP contribution in [0.25, 0.3) is 0 Å². The van der Waals surface area contributed by atoms with Crippen LogP contribution in [-0.2, 0) is 4.74 Å². The Labute approximate surface area is 111 Å². The van der Waals surface area contributed by atoms with E-state index in [1.165, 1.54) is 0 Å². The number of alkyl halides is 2. The van der Waals surface area contributed by atoms with Crippen LogP contribution < -0.4 is 10.1 Å². The van der Waals surface area contributed by atoms with Gasteiger partial charge in [0.05, 0.1) is 12.7 Å². The van der Waals surface area contributed by atoms with E-state index in [0.29, 0.717) is 18.6 Å². The summed E-state index contributed by atoms with van der Waals surface area (Å²) < 4.78 is 34.2. The first-order valence-electron chi connectivity index (χ1n) is 6.46. The maximum atomic E-state index is 12.0. The summed E-state index contributed by atoms with van der Waals surface area (Å²) in [5.41, 5.74) is 0.969. The third-order valence-corrected chi connectivity index (χ3v) is 3.32. The number of morpholine rings is 1. The van der Waals surface area contributed by atoms with E-state index in [4.69, 9.17) is 4.74 Å². The number of hydrogen-bond acceptors (Lipinski definition) is 3. The Morgan fingerprint density at radius 3 is 2.42 bits per heavy atom. The van der Waals surface area contributed by atoms with Crippen LogP contribution in [0.2, 0.25) is 0 Å². The molecule has 1 fully saturated rings. The van der Waals surface area contributed by atoms with Gasteiger partial charge in [-0.05, 0) is 23.6 Å². The molecule has 1 heterocycles. The SMILES string of the molecule is CC(C)C1COC(c2ccc(OC(F)F)cc2)CN1. The average molecular weight is 271 g/mol. The molecule has 1 aromatic rings. The number of ether oxygens (including phenoxy) is 2. The Hall–Kier alpha value is -1.20. The largest absolute Gasteiger partial charge is 0.435 e. The number of halogens is 2. The minimum Gasteiger partial charge on any atom is -0.435 e. The normalized spacial score (nSPS) is 23.9. The predicted octanol–water partition coefficient (Wildman–Crippen LogP) is 2.97. The van der Waals surface area contributed by atoms with Crippen LogP contribution in [0.15, 0.2) is 24.3 Å². The summed E-state index contributed by atoms with van der Waals surface area (Å²) in [6.45, 7) is 2.91. The monoisotopic (exact) mass is 271 g/mol. The lowest BCUT2D eigenvalue weighted by Gasteiger charge is -2.32. The highest BCUT2D eigenvalue weighted by molar-refractivity contribution is 5.29. The summed E-state index contributed by atoms with van der Waals surface area (Å²) >= 11 is 0. The third kappa shape index (κ3) is 3.88. The molecular weight excluding hydrogens is 252 g/mol. The average Bonchev–Trinajstić information content (AvgIpc) is 2.39. The van der Waals surface area contributed by atoms with Gasteiger partial charge in [0.15, 0.2) is 0 Å². The van der Waals surface area contributed by atoms with Crippen LogP contribution in [0.3, 0.4) is 0 Å². The Kier molecular flexibility index (Phi) is 4.71. The van der Waals surface area contributed by atoms with Crippen LogP contribution in [-0.4, -0.2) is 25.8 Å². The van der Waals surface area contributed by atoms with E-state index < -0.39 is 6.61 Å². The molecule has 0 bridgehead atoms. The Bertz CT molecular complexity index is 387. The molecule has 3 nitrogen and oxygen atoms in total. The molecule has 1 N–H and O–H groups in total. The van der Waals surface area contributed by atoms with Crippen molar-refractivity contribution in [1.29, 1.82) is 0 Å². The van der Waals surface area contributed by atoms with Gasteiger partial charge < -0.3 is 14.8 Å². The highest BCUT2D eigenvalue weighted by Gasteiger charge is 2.24. The smallest absolute Gasteiger partial charge is 0.387 e. The van der Waals surface area contributed by atoms with Crippen molar-refractivity contribution in [3.8, 4) is 5.75 Å². The molecule has 2 rings (SSSR count). The molecule has 5 heteroatoms. The first-order valence-corrected chi connectivity index (χ1v) is 6.46. The zero-order valence-electron chi connectivity index (χ0n) is 11.1. The molecule has 1 aliphatic rings. The molecule has 1 aromatic carbocycles. The molecule has 1 saturated heterocycles. The minimum absolute atomic E-state index is 0.0319. The third-order valence-electron chi connectivity index (χ3n) is 3.32. The molecule has 0 aromatic heterocycles. The van der Waals surface area contributed by atoms with Crippen LogP contribution in [0, 0.1) is 5.92 Å². The molecule has 0 saturated carbocycles. The highest BCUT2D eigenvalue weighted by Crippen LogP contribution is 2.24. The first kappa shape index (κ1) is 14.2. The molecule has 0 aliphatic carbocycles. The van der Waals surface area contributed by atoms with E-state index in [1.807, 2.05) is 0 Å². The topological polar surface area (TPSA) is 30.5 Å². The summed E-state index contributed by atoms with van der Waals surface area (Å²) in [7, 11) is 0. The second kappa shape index (κ2) is 6.30. The van der Waals surface area contributed by atoms with Gasteiger partial charge in [0.1, 0.15) is 5.75 Å². The van der Waals surface area contributed by atoms with E-state index >= 15 is 0 Å². The zero-order chi connectivity index (χ0) is 13.8. The Morgan fingerprint density at radius 2 is 1.95 bits per heavy atom. The molecule has 0 radical (unpaired) electrons. The summed E-state index contributed by atoms with van der Waals surface area (Å²) in [5, 5.41) is 3.44. The van der Waals surface area contributed by atoms with Crippen molar-refractivity contribution in [3.63, 3.8) is 0 Å². The molecule has 106 valence electrons. The van der Waals surface area contributed by atoms with Gasteiger partial charge in [0, 0.05) is 12.6 Å². The second-order valence-electron chi connectivity index (χ2n) is 5.03. The Balaban J connectivity index is 1.92. The fraction of sp³-hybridized carbons (Fsp3) is 0.571. The molecule has 19 heavy (non-hydrogen) atoms. The van der Waals surface area contributed by atoms with Gasteiger partial charge in [-0.3, -0.25) is 0 Å². The summed E-state index contributed by atoms with van der Waals surface area (Å²) in [6, 6.07) is 6.98. The fourth-order valence-corrected chi connectivity index (χ4v) is 2.10. The zero-order valence-corrected chi connectivity index (χ0v) is 11.1. The van der Waals surface area contributed by atoms with Gasteiger partial charge >= 0.3 is 6.61 Å². The van der Waals surface area contributed by atoms with Gasteiger partial charge in [-0.1, -0.05) is 26.0 Å². The lowest BCUT2D eigenvalue weighted by Crippen LogP contribution is -2.45. The Morgan fingerprint density at radius 1 is 1.26 bits per heavy atom. The van der Waals surface area contributed by atoms with Crippen molar-refractivity contribution in [2.24, 2.45) is 5.92 Å². The van der Waals surface area contributed by atoms with Crippen LogP contribution in [0.1, 0.15) is 25.5 Å². The van der Waals surface area contributed by atoms with Gasteiger partial charge in [0.25, 0.3) is 0 Å². The number of hydrogen-bond donors (Lipinski definition) is 1. The van der Waals surface area contributed by atoms with Crippen molar-refractivity contribution in [2.75, 3.05) is 13.2 Å². The number of nitrogens with one attached hydrogen (secondary N) is 1. The van der Waals surface area contributed by atoms with Gasteiger partial charge in [-0.25, -0.2) is 0 Å². The molecule has 2 atom stereocenters. The van der Waals surface area contributed by atoms with E-state index in [-0.39, 0.29) is 11.9 Å². The standard InChI is InChI=1S/C14H19F2NO2/c1-9(2)12-8-18-13(7-17-12)10-3-5-11(6-4-10)19-14(15)16/h3-6,9,12-14,17H,7-8H2,1-2H3. The van der Waals surface area contributed by atoms with Crippen LogP contribution in [0.4, 0.5) is 8.78 Å². The fourth-order valence-electron chi connectivity index (χ4n) is 2.10. The second-order valence-corrected chi connectivity index (χ2v) is 5.03. The van der Waals surface area contributed by atoms with E-state index in [2.05, 4.69) is 23.9 Å². The molecular formula is C14H19F2NO2. The molecule has 2 unspecified atom stereocenters. The van der Waals surface area contributed by atoms with Crippen molar-refractivity contribution in [1.82, 2.24) is 5.32 Å². The molecule has 0 spiro atoms. The van der Waals surface area contributed by atoms with Gasteiger partial charge in [-0.2, -0.15) is 8.78 Å². The summed E-state index contributed by atoms with van der Waals surface area (Å²) in [5.74, 6) is 0.699. The predicted molar refractivity (Wildman–Crippen MR) is 68.4 cm³/mol. The van der Waals surface area contributed by atoms with Gasteiger partial charge in [-0.15, -0.1) is 0 Å². The van der Waals surface area contributed by atoms with E-state index in [0.717, 1.165) is 12.1 Å². The maximum Gasteiger partial charge on any atom is 0.387 e. The number of benzene rings is 1. The lowest BCUT2D eigenvalue weighted by atomic mass is 10.0. The first-order chi connectivity index (χ1) is 9.06. The highest BCUT2D eigenvalue weighted by atomic mass is 19.3. The van der Waals surface area contributed by atoms with Crippen molar-refractivity contribution in [2.45, 2.75) is 32.6 Å². The molecule has 1 aliphatic heterocycles. The van der Waals surface area contributed by atoms with Crippen molar-refractivity contribution >= 4 is 0 Å². The maximum absolute atomic E-state index is 12.0. The number of rotatable bonds is 4. The quantitative estimate of drug-likeness (QED) is 0.913.